The van der Waals surface area contributed by atoms with Crippen LogP contribution in [0.15, 0.2) is 53.8 Å². The molecule has 186 valence electrons. The zero-order chi connectivity index (χ0) is 25.3. The van der Waals surface area contributed by atoms with Crippen LogP contribution in [0.1, 0.15) is 6.42 Å². The topological polar surface area (TPSA) is 87.5 Å². The molecule has 12 heteroatoms. The van der Waals surface area contributed by atoms with E-state index in [2.05, 4.69) is 21.6 Å². The van der Waals surface area contributed by atoms with E-state index in [1.54, 1.807) is 24.4 Å². The molecule has 0 radical (unpaired) electrons. The second-order valence-electron chi connectivity index (χ2n) is 8.18. The summed E-state index contributed by atoms with van der Waals surface area (Å²) in [5, 5.41) is 14.3. The summed E-state index contributed by atoms with van der Waals surface area (Å²) in [4.78, 5) is 17.3. The minimum Gasteiger partial charge on any atom is -0.493 e. The van der Waals surface area contributed by atoms with Gasteiger partial charge in [-0.1, -0.05) is 18.2 Å². The molecule has 0 unspecified atom stereocenters. The number of hydrazone groups is 1. The molecule has 35 heavy (non-hydrogen) atoms. The van der Waals surface area contributed by atoms with Gasteiger partial charge in [0.2, 0.25) is 5.88 Å². The molecule has 1 fully saturated rings. The van der Waals surface area contributed by atoms with Crippen LogP contribution in [0.25, 0.3) is 0 Å². The number of aromatic nitrogens is 1. The van der Waals surface area contributed by atoms with Crippen LogP contribution in [0.2, 0.25) is 5.02 Å². The van der Waals surface area contributed by atoms with Gasteiger partial charge in [-0.05, 0) is 24.3 Å². The third-order valence-electron chi connectivity index (χ3n) is 5.75. The van der Waals surface area contributed by atoms with E-state index in [0.717, 1.165) is 23.8 Å². The van der Waals surface area contributed by atoms with E-state index in [1.807, 2.05) is 0 Å². The largest absolute Gasteiger partial charge is 0.493 e. The maximum atomic E-state index is 13.3. The Balaban J connectivity index is 1.37. The lowest BCUT2D eigenvalue weighted by Crippen LogP contribution is -2.49. The smallest absolute Gasteiger partial charge is 0.435 e. The van der Waals surface area contributed by atoms with Crippen molar-refractivity contribution in [2.24, 2.45) is 11.0 Å². The van der Waals surface area contributed by atoms with E-state index < -0.39 is 30.3 Å². The summed E-state index contributed by atoms with van der Waals surface area (Å²) in [5.74, 6) is 0.0122. The zero-order valence-electron chi connectivity index (χ0n) is 18.6. The molecule has 4 rings (SSSR count). The SMILES string of the molecule is C=C1C(C(F)(F)F)=NN(c2ccc(OCC3CN(c4cc(OC)ncc4Cl)C3)cc2)[C@H]1CC(=O)O. The molecular weight excluding hydrogens is 489 g/mol. The van der Waals surface area contributed by atoms with E-state index in [4.69, 9.17) is 26.2 Å². The number of benzene rings is 1. The molecule has 1 saturated heterocycles. The summed E-state index contributed by atoms with van der Waals surface area (Å²) >= 11 is 6.23. The maximum absolute atomic E-state index is 13.3. The normalized spacial score (nSPS) is 18.4. The molecule has 0 saturated carbocycles. The Morgan fingerprint density at radius 1 is 1.29 bits per heavy atom. The molecule has 3 heterocycles. The van der Waals surface area contributed by atoms with Gasteiger partial charge in [0.25, 0.3) is 0 Å². The first-order valence-electron chi connectivity index (χ1n) is 10.6. The highest BCUT2D eigenvalue weighted by molar-refractivity contribution is 6.33. The second-order valence-corrected chi connectivity index (χ2v) is 8.59. The predicted molar refractivity (Wildman–Crippen MR) is 125 cm³/mol. The highest BCUT2D eigenvalue weighted by Gasteiger charge is 2.46. The van der Waals surface area contributed by atoms with Gasteiger partial charge in [0, 0.05) is 30.6 Å². The Morgan fingerprint density at radius 3 is 2.57 bits per heavy atom. The summed E-state index contributed by atoms with van der Waals surface area (Å²) in [5.41, 5.74) is -0.409. The molecule has 0 amide bonds. The molecule has 0 aliphatic carbocycles. The van der Waals surface area contributed by atoms with Gasteiger partial charge in [-0.2, -0.15) is 18.3 Å². The molecule has 1 atom stereocenters. The van der Waals surface area contributed by atoms with Gasteiger partial charge in [-0.3, -0.25) is 9.80 Å². The summed E-state index contributed by atoms with van der Waals surface area (Å²) in [7, 11) is 1.53. The van der Waals surface area contributed by atoms with Crippen molar-refractivity contribution >= 4 is 34.7 Å². The van der Waals surface area contributed by atoms with Crippen molar-refractivity contribution in [2.75, 3.05) is 36.7 Å². The van der Waals surface area contributed by atoms with Crippen molar-refractivity contribution in [2.45, 2.75) is 18.6 Å². The van der Waals surface area contributed by atoms with Gasteiger partial charge in [0.15, 0.2) is 5.71 Å². The lowest BCUT2D eigenvalue weighted by molar-refractivity contribution is -0.137. The summed E-state index contributed by atoms with van der Waals surface area (Å²) in [6, 6.07) is 6.94. The number of carbonyl (C=O) groups is 1. The Hall–Kier alpha value is -3.47. The number of aliphatic carboxylic acids is 1. The second kappa shape index (κ2) is 9.65. The first kappa shape index (κ1) is 24.6. The number of nitrogens with zero attached hydrogens (tertiary/aromatic N) is 4. The number of carboxylic acid groups (broad SMARTS) is 1. The van der Waals surface area contributed by atoms with Crippen molar-refractivity contribution < 1.29 is 32.5 Å². The standard InChI is InChI=1S/C23H22ClF3N4O4/c1-13-18(8-21(32)33)31(29-22(13)23(25,26)27)15-3-5-16(6-4-15)35-12-14-10-30(11-14)19-7-20(34-2)28-9-17(19)24/h3-7,9,14,18H,1,8,10-12H2,2H3,(H,32,33)/t18-/m0/s1. The van der Waals surface area contributed by atoms with E-state index in [1.165, 1.54) is 19.2 Å². The van der Waals surface area contributed by atoms with Crippen molar-refractivity contribution in [3.63, 3.8) is 0 Å². The Kier molecular flexibility index (Phi) is 6.79. The third-order valence-corrected chi connectivity index (χ3v) is 6.04. The van der Waals surface area contributed by atoms with Crippen LogP contribution in [0.5, 0.6) is 11.6 Å². The average Bonchev–Trinajstić information content (AvgIpc) is 3.10. The summed E-state index contributed by atoms with van der Waals surface area (Å²) < 4.78 is 50.8. The van der Waals surface area contributed by atoms with Gasteiger partial charge in [-0.15, -0.1) is 0 Å². The van der Waals surface area contributed by atoms with Crippen LogP contribution in [-0.4, -0.2) is 60.8 Å². The number of ether oxygens (including phenoxy) is 2. The summed E-state index contributed by atoms with van der Waals surface area (Å²) in [6.45, 7) is 5.33. The number of hydrogen-bond donors (Lipinski definition) is 1. The van der Waals surface area contributed by atoms with Crippen molar-refractivity contribution in [1.82, 2.24) is 4.98 Å². The highest BCUT2D eigenvalue weighted by Crippen LogP contribution is 2.36. The first-order valence-corrected chi connectivity index (χ1v) is 11.0. The number of pyridine rings is 1. The van der Waals surface area contributed by atoms with Gasteiger partial charge in [-0.25, -0.2) is 4.98 Å². The van der Waals surface area contributed by atoms with Crippen molar-refractivity contribution in [3.05, 3.63) is 53.7 Å². The molecular formula is C23H22ClF3N4O4. The molecule has 2 aliphatic rings. The van der Waals surface area contributed by atoms with Gasteiger partial charge >= 0.3 is 12.1 Å². The number of rotatable bonds is 8. The molecule has 1 N–H and O–H groups in total. The van der Waals surface area contributed by atoms with E-state index in [9.17, 15) is 18.0 Å². The van der Waals surface area contributed by atoms with Gasteiger partial charge in [0.1, 0.15) is 5.75 Å². The van der Waals surface area contributed by atoms with Crippen LogP contribution in [0, 0.1) is 5.92 Å². The molecule has 1 aromatic carbocycles. The Morgan fingerprint density at radius 2 is 1.97 bits per heavy atom. The number of halogens is 4. The minimum atomic E-state index is -4.73. The summed E-state index contributed by atoms with van der Waals surface area (Å²) in [6.07, 6.45) is -3.75. The number of anilines is 2. The lowest BCUT2D eigenvalue weighted by Gasteiger charge is -2.41. The van der Waals surface area contributed by atoms with Crippen LogP contribution >= 0.6 is 11.6 Å². The number of methoxy groups -OCH3 is 1. The number of alkyl halides is 3. The van der Waals surface area contributed by atoms with Crippen LogP contribution in [0.3, 0.4) is 0 Å². The van der Waals surface area contributed by atoms with Crippen molar-refractivity contribution in [1.29, 1.82) is 0 Å². The Bertz CT molecular complexity index is 1150. The number of carboxylic acids is 1. The molecule has 8 nitrogen and oxygen atoms in total. The third kappa shape index (κ3) is 5.29. The maximum Gasteiger partial charge on any atom is 0.435 e. The monoisotopic (exact) mass is 510 g/mol. The average molecular weight is 511 g/mol. The molecule has 0 bridgehead atoms. The number of hydrogen-bond acceptors (Lipinski definition) is 7. The first-order chi connectivity index (χ1) is 16.6. The predicted octanol–water partition coefficient (Wildman–Crippen LogP) is 4.40. The quantitative estimate of drug-likeness (QED) is 0.563. The lowest BCUT2D eigenvalue weighted by atomic mass is 10.0. The van der Waals surface area contributed by atoms with Crippen molar-refractivity contribution in [3.8, 4) is 11.6 Å². The van der Waals surface area contributed by atoms with E-state index >= 15 is 0 Å². The van der Waals surface area contributed by atoms with Gasteiger partial charge < -0.3 is 19.5 Å². The minimum absolute atomic E-state index is 0.255. The molecule has 0 spiro atoms. The molecule has 2 aliphatic heterocycles. The van der Waals surface area contributed by atoms with Gasteiger partial charge in [0.05, 0.1) is 48.8 Å². The van der Waals surface area contributed by atoms with E-state index in [-0.39, 0.29) is 11.5 Å². The Labute approximate surface area is 204 Å². The fourth-order valence-electron chi connectivity index (χ4n) is 3.94. The molecule has 2 aromatic rings. The fraction of sp³-hybridized carbons (Fsp3) is 0.348. The zero-order valence-corrected chi connectivity index (χ0v) is 19.4. The van der Waals surface area contributed by atoms with Crippen LogP contribution in [0.4, 0.5) is 24.5 Å². The van der Waals surface area contributed by atoms with E-state index in [0.29, 0.717) is 28.9 Å². The van der Waals surface area contributed by atoms with Crippen LogP contribution < -0.4 is 19.4 Å². The molecule has 1 aromatic heterocycles. The van der Waals surface area contributed by atoms with Crippen LogP contribution in [-0.2, 0) is 4.79 Å². The fourth-order valence-corrected chi connectivity index (χ4v) is 4.17. The highest BCUT2D eigenvalue weighted by atomic mass is 35.5.